The molecule has 4 heteroatoms. The third-order valence-electron chi connectivity index (χ3n) is 3.74. The average molecular weight is 320 g/mol. The van der Waals surface area contributed by atoms with Gasteiger partial charge in [-0.15, -0.1) is 0 Å². The maximum Gasteiger partial charge on any atom is 0.194 e. The van der Waals surface area contributed by atoms with Gasteiger partial charge in [-0.1, -0.05) is 47.5 Å². The van der Waals surface area contributed by atoms with E-state index in [1.165, 1.54) is 6.42 Å². The van der Waals surface area contributed by atoms with Crippen LogP contribution >= 0.6 is 23.2 Å². The van der Waals surface area contributed by atoms with Crippen LogP contribution in [-0.2, 0) is 6.54 Å². The Labute approximate surface area is 134 Å². The van der Waals surface area contributed by atoms with Crippen LogP contribution in [0, 0.1) is 0 Å². The number of likely N-dealkylation sites (tertiary alicyclic amines) is 1. The van der Waals surface area contributed by atoms with Crippen molar-refractivity contribution in [3.8, 4) is 0 Å². The minimum atomic E-state index is -0.0899. The second kappa shape index (κ2) is 6.18. The predicted molar refractivity (Wildman–Crippen MR) is 86.2 cm³/mol. The molecule has 0 saturated carbocycles. The van der Waals surface area contributed by atoms with E-state index in [0.29, 0.717) is 21.2 Å². The average Bonchev–Trinajstić information content (AvgIpc) is 2.45. The zero-order chi connectivity index (χ0) is 14.8. The van der Waals surface area contributed by atoms with Gasteiger partial charge in [0.15, 0.2) is 5.78 Å². The van der Waals surface area contributed by atoms with Crippen LogP contribution < -0.4 is 0 Å². The van der Waals surface area contributed by atoms with Crippen molar-refractivity contribution in [2.24, 2.45) is 0 Å². The lowest BCUT2D eigenvalue weighted by atomic mass is 10.0. The highest BCUT2D eigenvalue weighted by molar-refractivity contribution is 6.44. The summed E-state index contributed by atoms with van der Waals surface area (Å²) in [6.07, 6.45) is 1.26. The van der Waals surface area contributed by atoms with Crippen LogP contribution in [0.15, 0.2) is 42.5 Å². The Hall–Kier alpha value is -1.35. The number of nitrogens with zero attached hydrogens (tertiary/aromatic N) is 1. The van der Waals surface area contributed by atoms with Gasteiger partial charge in [-0.05, 0) is 43.3 Å². The zero-order valence-electron chi connectivity index (χ0n) is 11.5. The summed E-state index contributed by atoms with van der Waals surface area (Å²) in [5, 5.41) is 0.719. The number of halogens is 2. The molecule has 2 aromatic carbocycles. The number of ketones is 1. The SMILES string of the molecule is O=C(c1cccc(CN2CCC2)c1)c1cccc(Cl)c1Cl. The molecule has 0 atom stereocenters. The summed E-state index contributed by atoms with van der Waals surface area (Å²) in [4.78, 5) is 14.9. The molecule has 1 heterocycles. The Balaban J connectivity index is 1.87. The van der Waals surface area contributed by atoms with Gasteiger partial charge in [0, 0.05) is 17.7 Å². The zero-order valence-corrected chi connectivity index (χ0v) is 13.0. The van der Waals surface area contributed by atoms with Gasteiger partial charge >= 0.3 is 0 Å². The molecule has 0 radical (unpaired) electrons. The van der Waals surface area contributed by atoms with Crippen molar-refractivity contribution in [1.29, 1.82) is 0 Å². The van der Waals surface area contributed by atoms with Gasteiger partial charge in [0.25, 0.3) is 0 Å². The van der Waals surface area contributed by atoms with Crippen LogP contribution in [0.25, 0.3) is 0 Å². The van der Waals surface area contributed by atoms with Crippen LogP contribution in [-0.4, -0.2) is 23.8 Å². The van der Waals surface area contributed by atoms with Crippen molar-refractivity contribution in [2.75, 3.05) is 13.1 Å². The first kappa shape index (κ1) is 14.6. The molecule has 108 valence electrons. The Bertz CT molecular complexity index is 680. The van der Waals surface area contributed by atoms with Gasteiger partial charge in [0.2, 0.25) is 0 Å². The van der Waals surface area contributed by atoms with Crippen LogP contribution in [0.2, 0.25) is 10.0 Å². The highest BCUT2D eigenvalue weighted by Crippen LogP contribution is 2.27. The first-order chi connectivity index (χ1) is 10.1. The van der Waals surface area contributed by atoms with Crippen molar-refractivity contribution >= 4 is 29.0 Å². The quantitative estimate of drug-likeness (QED) is 0.777. The molecule has 2 aromatic rings. The third-order valence-corrected chi connectivity index (χ3v) is 4.56. The summed E-state index contributed by atoms with van der Waals surface area (Å²) in [5.74, 6) is -0.0899. The van der Waals surface area contributed by atoms with E-state index in [1.54, 1.807) is 18.2 Å². The lowest BCUT2D eigenvalue weighted by Crippen LogP contribution is -2.36. The van der Waals surface area contributed by atoms with Crippen LogP contribution in [0.3, 0.4) is 0 Å². The lowest BCUT2D eigenvalue weighted by molar-refractivity contribution is 0.103. The lowest BCUT2D eigenvalue weighted by Gasteiger charge is -2.30. The van der Waals surface area contributed by atoms with Crippen molar-refractivity contribution in [3.05, 3.63) is 69.2 Å². The molecular formula is C17H15Cl2NO. The second-order valence-electron chi connectivity index (χ2n) is 5.26. The molecule has 0 spiro atoms. The summed E-state index contributed by atoms with van der Waals surface area (Å²) < 4.78 is 0. The van der Waals surface area contributed by atoms with Gasteiger partial charge < -0.3 is 0 Å². The fraction of sp³-hybridized carbons (Fsp3) is 0.235. The predicted octanol–water partition coefficient (Wildman–Crippen LogP) is 4.43. The largest absolute Gasteiger partial charge is 0.299 e. The number of carbonyl (C=O) groups excluding carboxylic acids is 1. The second-order valence-corrected chi connectivity index (χ2v) is 6.05. The molecule has 0 aromatic heterocycles. The van der Waals surface area contributed by atoms with Gasteiger partial charge in [0.1, 0.15) is 0 Å². The molecular weight excluding hydrogens is 305 g/mol. The van der Waals surface area contributed by atoms with Crippen molar-refractivity contribution < 1.29 is 4.79 Å². The summed E-state index contributed by atoms with van der Waals surface area (Å²) >= 11 is 12.1. The molecule has 0 unspecified atom stereocenters. The van der Waals surface area contributed by atoms with E-state index in [0.717, 1.165) is 25.2 Å². The van der Waals surface area contributed by atoms with Gasteiger partial charge in [-0.25, -0.2) is 0 Å². The maximum atomic E-state index is 12.6. The van der Waals surface area contributed by atoms with E-state index in [2.05, 4.69) is 11.0 Å². The van der Waals surface area contributed by atoms with E-state index in [9.17, 15) is 4.79 Å². The molecule has 2 nitrogen and oxygen atoms in total. The maximum absolute atomic E-state index is 12.6. The molecule has 0 N–H and O–H groups in total. The van der Waals surface area contributed by atoms with E-state index < -0.39 is 0 Å². The monoisotopic (exact) mass is 319 g/mol. The highest BCUT2D eigenvalue weighted by atomic mass is 35.5. The Kier molecular flexibility index (Phi) is 4.29. The smallest absolute Gasteiger partial charge is 0.194 e. The summed E-state index contributed by atoms with van der Waals surface area (Å²) in [7, 11) is 0. The summed E-state index contributed by atoms with van der Waals surface area (Å²) in [6.45, 7) is 3.17. The molecule has 1 aliphatic rings. The molecule has 0 amide bonds. The summed E-state index contributed by atoms with van der Waals surface area (Å²) in [5.41, 5.74) is 2.25. The van der Waals surface area contributed by atoms with Gasteiger partial charge in [-0.2, -0.15) is 0 Å². The number of hydrogen-bond acceptors (Lipinski definition) is 2. The molecule has 0 bridgehead atoms. The van der Waals surface area contributed by atoms with E-state index in [4.69, 9.17) is 23.2 Å². The van der Waals surface area contributed by atoms with Crippen molar-refractivity contribution in [3.63, 3.8) is 0 Å². The Morgan fingerprint density at radius 2 is 1.86 bits per heavy atom. The Morgan fingerprint density at radius 3 is 2.57 bits per heavy atom. The summed E-state index contributed by atoms with van der Waals surface area (Å²) in [6, 6.07) is 12.9. The molecule has 21 heavy (non-hydrogen) atoms. The van der Waals surface area contributed by atoms with Crippen molar-refractivity contribution in [1.82, 2.24) is 4.90 Å². The van der Waals surface area contributed by atoms with Gasteiger partial charge in [0.05, 0.1) is 10.0 Å². The van der Waals surface area contributed by atoms with Crippen LogP contribution in [0.1, 0.15) is 27.9 Å². The fourth-order valence-electron chi connectivity index (χ4n) is 2.44. The highest BCUT2D eigenvalue weighted by Gasteiger charge is 2.17. The molecule has 1 saturated heterocycles. The first-order valence-corrected chi connectivity index (χ1v) is 7.71. The van der Waals surface area contributed by atoms with E-state index >= 15 is 0 Å². The molecule has 1 fully saturated rings. The standard InChI is InChI=1S/C17H15Cl2NO/c18-15-7-2-6-14(16(15)19)17(21)13-5-1-4-12(10-13)11-20-8-3-9-20/h1-2,4-7,10H,3,8-9,11H2. The van der Waals surface area contributed by atoms with Crippen LogP contribution in [0.4, 0.5) is 0 Å². The number of rotatable bonds is 4. The van der Waals surface area contributed by atoms with E-state index in [-0.39, 0.29) is 5.78 Å². The molecule has 0 aliphatic carbocycles. The first-order valence-electron chi connectivity index (χ1n) is 6.95. The molecule has 3 rings (SSSR count). The third kappa shape index (κ3) is 3.13. The minimum Gasteiger partial charge on any atom is -0.299 e. The Morgan fingerprint density at radius 1 is 1.10 bits per heavy atom. The van der Waals surface area contributed by atoms with Gasteiger partial charge in [-0.3, -0.25) is 9.69 Å². The minimum absolute atomic E-state index is 0.0899. The van der Waals surface area contributed by atoms with Crippen LogP contribution in [0.5, 0.6) is 0 Å². The molecule has 1 aliphatic heterocycles. The number of benzene rings is 2. The topological polar surface area (TPSA) is 20.3 Å². The normalized spacial score (nSPS) is 14.8. The fourth-order valence-corrected chi connectivity index (χ4v) is 2.83. The number of carbonyl (C=O) groups is 1. The van der Waals surface area contributed by atoms with Crippen molar-refractivity contribution in [2.45, 2.75) is 13.0 Å². The number of hydrogen-bond donors (Lipinski definition) is 0. The van der Waals surface area contributed by atoms with E-state index in [1.807, 2.05) is 18.2 Å².